The van der Waals surface area contributed by atoms with E-state index in [4.69, 9.17) is 23.2 Å². The predicted molar refractivity (Wildman–Crippen MR) is 93.4 cm³/mol. The standard InChI is InChI=1S/C17H14Cl2N2O2/c1-2-9-20-16(22)11-5-3-6-12(10-11)17(23)21-14-8-4-7-13(18)15(14)19/h2-8,10H,1,9H2,(H,20,22)(H,21,23). The quantitative estimate of drug-likeness (QED) is 0.797. The van der Waals surface area contributed by atoms with E-state index in [-0.39, 0.29) is 16.8 Å². The average Bonchev–Trinajstić information content (AvgIpc) is 2.57. The summed E-state index contributed by atoms with van der Waals surface area (Å²) in [6, 6.07) is 11.3. The van der Waals surface area contributed by atoms with Crippen molar-refractivity contribution in [3.63, 3.8) is 0 Å². The van der Waals surface area contributed by atoms with E-state index in [1.54, 1.807) is 42.5 Å². The van der Waals surface area contributed by atoms with Crippen LogP contribution in [0.5, 0.6) is 0 Å². The highest BCUT2D eigenvalue weighted by Gasteiger charge is 2.12. The molecule has 118 valence electrons. The van der Waals surface area contributed by atoms with Crippen molar-refractivity contribution in [2.45, 2.75) is 0 Å². The molecule has 0 saturated heterocycles. The Morgan fingerprint density at radius 2 is 1.70 bits per heavy atom. The molecule has 6 heteroatoms. The molecule has 2 rings (SSSR count). The fourth-order valence-electron chi connectivity index (χ4n) is 1.86. The highest BCUT2D eigenvalue weighted by molar-refractivity contribution is 6.44. The van der Waals surface area contributed by atoms with Crippen LogP contribution >= 0.6 is 23.2 Å². The van der Waals surface area contributed by atoms with Gasteiger partial charge in [0.25, 0.3) is 11.8 Å². The number of anilines is 1. The maximum absolute atomic E-state index is 12.3. The number of carbonyl (C=O) groups excluding carboxylic acids is 2. The van der Waals surface area contributed by atoms with Gasteiger partial charge in [0.1, 0.15) is 0 Å². The molecule has 0 radical (unpaired) electrons. The average molecular weight is 349 g/mol. The van der Waals surface area contributed by atoms with Gasteiger partial charge in [-0.2, -0.15) is 0 Å². The predicted octanol–water partition coefficient (Wildman–Crippen LogP) is 4.16. The summed E-state index contributed by atoms with van der Waals surface area (Å²) in [5.41, 5.74) is 1.13. The van der Waals surface area contributed by atoms with E-state index >= 15 is 0 Å². The van der Waals surface area contributed by atoms with Crippen LogP contribution in [-0.2, 0) is 0 Å². The van der Waals surface area contributed by atoms with Gasteiger partial charge in [-0.3, -0.25) is 9.59 Å². The smallest absolute Gasteiger partial charge is 0.255 e. The summed E-state index contributed by atoms with van der Waals surface area (Å²) in [5.74, 6) is -0.659. The monoisotopic (exact) mass is 348 g/mol. The maximum atomic E-state index is 12.3. The van der Waals surface area contributed by atoms with Crippen LogP contribution in [0.3, 0.4) is 0 Å². The maximum Gasteiger partial charge on any atom is 0.255 e. The lowest BCUT2D eigenvalue weighted by atomic mass is 10.1. The van der Waals surface area contributed by atoms with E-state index in [0.717, 1.165) is 0 Å². The van der Waals surface area contributed by atoms with E-state index in [0.29, 0.717) is 28.4 Å². The first-order chi connectivity index (χ1) is 11.0. The molecule has 0 atom stereocenters. The van der Waals surface area contributed by atoms with Gasteiger partial charge < -0.3 is 10.6 Å². The van der Waals surface area contributed by atoms with Gasteiger partial charge in [0.05, 0.1) is 15.7 Å². The summed E-state index contributed by atoms with van der Waals surface area (Å²) in [6.07, 6.45) is 1.58. The molecule has 0 aromatic heterocycles. The lowest BCUT2D eigenvalue weighted by molar-refractivity contribution is 0.0958. The van der Waals surface area contributed by atoms with Crippen molar-refractivity contribution in [1.82, 2.24) is 5.32 Å². The van der Waals surface area contributed by atoms with Crippen molar-refractivity contribution in [1.29, 1.82) is 0 Å². The normalized spacial score (nSPS) is 10.0. The van der Waals surface area contributed by atoms with E-state index in [1.807, 2.05) is 0 Å². The summed E-state index contributed by atoms with van der Waals surface area (Å²) < 4.78 is 0. The van der Waals surface area contributed by atoms with Gasteiger partial charge in [-0.05, 0) is 30.3 Å². The number of rotatable bonds is 5. The number of benzene rings is 2. The molecule has 23 heavy (non-hydrogen) atoms. The summed E-state index contributed by atoms with van der Waals surface area (Å²) in [4.78, 5) is 24.2. The Labute approximate surface area is 144 Å². The molecule has 2 aromatic carbocycles. The number of halogens is 2. The second-order valence-electron chi connectivity index (χ2n) is 4.64. The minimum absolute atomic E-state index is 0.266. The van der Waals surface area contributed by atoms with Crippen molar-refractivity contribution in [2.75, 3.05) is 11.9 Å². The topological polar surface area (TPSA) is 58.2 Å². The molecular formula is C17H14Cl2N2O2. The van der Waals surface area contributed by atoms with Crippen LogP contribution in [0.15, 0.2) is 55.1 Å². The SMILES string of the molecule is C=CCNC(=O)c1cccc(C(=O)Nc2cccc(Cl)c2Cl)c1. The van der Waals surface area contributed by atoms with Crippen LogP contribution in [0.4, 0.5) is 5.69 Å². The zero-order valence-electron chi connectivity index (χ0n) is 12.1. The van der Waals surface area contributed by atoms with Crippen molar-refractivity contribution in [2.24, 2.45) is 0 Å². The lowest BCUT2D eigenvalue weighted by Gasteiger charge is -2.09. The number of nitrogens with one attached hydrogen (secondary N) is 2. The number of carbonyl (C=O) groups is 2. The van der Waals surface area contributed by atoms with E-state index in [1.165, 1.54) is 6.07 Å². The van der Waals surface area contributed by atoms with Gasteiger partial charge in [0, 0.05) is 17.7 Å². The number of hydrogen-bond acceptors (Lipinski definition) is 2. The summed E-state index contributed by atoms with van der Waals surface area (Å²) in [5, 5.41) is 5.94. The molecule has 0 aliphatic carbocycles. The molecule has 0 spiro atoms. The third-order valence-corrected chi connectivity index (χ3v) is 3.81. The molecule has 4 nitrogen and oxygen atoms in total. The summed E-state index contributed by atoms with van der Waals surface area (Å²) in [7, 11) is 0. The molecule has 2 amide bonds. The van der Waals surface area contributed by atoms with Crippen molar-refractivity contribution in [3.05, 3.63) is 76.3 Å². The summed E-state index contributed by atoms with van der Waals surface area (Å²) in [6.45, 7) is 3.89. The molecule has 0 heterocycles. The van der Waals surface area contributed by atoms with Crippen LogP contribution in [0.1, 0.15) is 20.7 Å². The Morgan fingerprint density at radius 3 is 2.39 bits per heavy atom. The van der Waals surface area contributed by atoms with Gasteiger partial charge >= 0.3 is 0 Å². The third-order valence-electron chi connectivity index (χ3n) is 2.99. The molecular weight excluding hydrogens is 335 g/mol. The van der Waals surface area contributed by atoms with Crippen molar-refractivity contribution < 1.29 is 9.59 Å². The minimum Gasteiger partial charge on any atom is -0.349 e. The highest BCUT2D eigenvalue weighted by Crippen LogP contribution is 2.29. The minimum atomic E-state index is -0.382. The molecule has 0 saturated carbocycles. The second kappa shape index (κ2) is 7.81. The van der Waals surface area contributed by atoms with Crippen LogP contribution in [-0.4, -0.2) is 18.4 Å². The first-order valence-corrected chi connectivity index (χ1v) is 7.53. The van der Waals surface area contributed by atoms with Crippen LogP contribution in [0, 0.1) is 0 Å². The van der Waals surface area contributed by atoms with Crippen LogP contribution in [0.2, 0.25) is 10.0 Å². The zero-order chi connectivity index (χ0) is 16.8. The Bertz CT molecular complexity index is 760. The molecule has 2 N–H and O–H groups in total. The summed E-state index contributed by atoms with van der Waals surface area (Å²) >= 11 is 12.0. The largest absolute Gasteiger partial charge is 0.349 e. The fraction of sp³-hybridized carbons (Fsp3) is 0.0588. The van der Waals surface area contributed by atoms with Crippen molar-refractivity contribution >= 4 is 40.7 Å². The van der Waals surface area contributed by atoms with Crippen LogP contribution in [0.25, 0.3) is 0 Å². The fourth-order valence-corrected chi connectivity index (χ4v) is 2.21. The van der Waals surface area contributed by atoms with Gasteiger partial charge in [-0.1, -0.05) is 41.4 Å². The molecule has 0 bridgehead atoms. The molecule has 0 unspecified atom stereocenters. The van der Waals surface area contributed by atoms with Crippen LogP contribution < -0.4 is 10.6 Å². The Morgan fingerprint density at radius 1 is 1.04 bits per heavy atom. The first-order valence-electron chi connectivity index (χ1n) is 6.77. The Kier molecular flexibility index (Phi) is 5.79. The second-order valence-corrected chi connectivity index (χ2v) is 5.42. The first kappa shape index (κ1) is 17.1. The molecule has 2 aromatic rings. The van der Waals surface area contributed by atoms with Crippen molar-refractivity contribution in [3.8, 4) is 0 Å². The van der Waals surface area contributed by atoms with E-state index in [2.05, 4.69) is 17.2 Å². The van der Waals surface area contributed by atoms with E-state index < -0.39 is 0 Å². The van der Waals surface area contributed by atoms with E-state index in [9.17, 15) is 9.59 Å². The van der Waals surface area contributed by atoms with Gasteiger partial charge in [0.15, 0.2) is 0 Å². The molecule has 0 aliphatic heterocycles. The van der Waals surface area contributed by atoms with Gasteiger partial charge in [-0.15, -0.1) is 6.58 Å². The molecule has 0 fully saturated rings. The number of amides is 2. The lowest BCUT2D eigenvalue weighted by Crippen LogP contribution is -2.23. The van der Waals surface area contributed by atoms with Gasteiger partial charge in [-0.25, -0.2) is 0 Å². The zero-order valence-corrected chi connectivity index (χ0v) is 13.6. The third kappa shape index (κ3) is 4.34. The van der Waals surface area contributed by atoms with Gasteiger partial charge in [0.2, 0.25) is 0 Å². The Hall–Kier alpha value is -2.30. The molecule has 0 aliphatic rings. The number of hydrogen-bond donors (Lipinski definition) is 2. The Balaban J connectivity index is 2.18. The highest BCUT2D eigenvalue weighted by atomic mass is 35.5.